The van der Waals surface area contributed by atoms with Gasteiger partial charge in [-0.1, -0.05) is 6.07 Å². The van der Waals surface area contributed by atoms with Crippen molar-refractivity contribution in [1.29, 1.82) is 0 Å². The van der Waals surface area contributed by atoms with E-state index in [0.717, 1.165) is 12.8 Å². The van der Waals surface area contributed by atoms with Crippen LogP contribution < -0.4 is 4.74 Å². The fourth-order valence-electron chi connectivity index (χ4n) is 1.12. The Morgan fingerprint density at radius 2 is 2.00 bits per heavy atom. The van der Waals surface area contributed by atoms with E-state index in [9.17, 15) is 8.78 Å². The van der Waals surface area contributed by atoms with E-state index in [-0.39, 0.29) is 12.5 Å². The lowest BCUT2D eigenvalue weighted by atomic mass is 10.2. The van der Waals surface area contributed by atoms with Gasteiger partial charge in [0.1, 0.15) is 11.6 Å². The predicted octanol–water partition coefficient (Wildman–Crippen LogP) is 3.34. The topological polar surface area (TPSA) is 9.23 Å². The van der Waals surface area contributed by atoms with Crippen molar-refractivity contribution < 1.29 is 13.5 Å². The zero-order valence-electron chi connectivity index (χ0n) is 8.01. The summed E-state index contributed by atoms with van der Waals surface area (Å²) in [6.07, 6.45) is 2.19. The fourth-order valence-corrected chi connectivity index (χ4v) is 1.12. The van der Waals surface area contributed by atoms with Gasteiger partial charge in [-0.3, -0.25) is 4.39 Å². The average molecular weight is 200 g/mol. The van der Waals surface area contributed by atoms with Crippen molar-refractivity contribution in [2.45, 2.75) is 19.3 Å². The van der Waals surface area contributed by atoms with Crippen molar-refractivity contribution in [3.05, 3.63) is 30.1 Å². The van der Waals surface area contributed by atoms with Crippen molar-refractivity contribution in [1.82, 2.24) is 0 Å². The molecule has 78 valence electrons. The first-order valence-electron chi connectivity index (χ1n) is 4.77. The molecule has 0 aliphatic heterocycles. The number of alkyl halides is 1. The highest BCUT2D eigenvalue weighted by Crippen LogP contribution is 2.12. The van der Waals surface area contributed by atoms with E-state index in [1.807, 2.05) is 0 Å². The van der Waals surface area contributed by atoms with Crippen LogP contribution in [0.25, 0.3) is 0 Å². The number of unbranched alkanes of at least 4 members (excludes halogenated alkanes) is 2. The van der Waals surface area contributed by atoms with Gasteiger partial charge >= 0.3 is 0 Å². The number of benzene rings is 1. The van der Waals surface area contributed by atoms with Gasteiger partial charge in [0.05, 0.1) is 13.3 Å². The molecule has 0 spiro atoms. The van der Waals surface area contributed by atoms with Gasteiger partial charge < -0.3 is 4.74 Å². The summed E-state index contributed by atoms with van der Waals surface area (Å²) in [6.45, 7) is 0.240. The minimum absolute atomic E-state index is 0.278. The molecule has 0 heterocycles. The second-order valence-electron chi connectivity index (χ2n) is 3.06. The minimum atomic E-state index is -0.300. The van der Waals surface area contributed by atoms with Crippen molar-refractivity contribution in [3.63, 3.8) is 0 Å². The SMILES string of the molecule is FCCCCCOc1cccc(F)c1. The Morgan fingerprint density at radius 3 is 2.71 bits per heavy atom. The standard InChI is InChI=1S/C11H14F2O/c12-7-2-1-3-8-14-11-6-4-5-10(13)9-11/h4-6,9H,1-3,7-8H2. The third-order valence-electron chi connectivity index (χ3n) is 1.84. The quantitative estimate of drug-likeness (QED) is 0.640. The lowest BCUT2D eigenvalue weighted by Gasteiger charge is -2.04. The van der Waals surface area contributed by atoms with Crippen LogP contribution in [0.5, 0.6) is 5.75 Å². The van der Waals surface area contributed by atoms with Gasteiger partial charge in [0.2, 0.25) is 0 Å². The molecule has 0 amide bonds. The summed E-state index contributed by atoms with van der Waals surface area (Å²) in [5.41, 5.74) is 0. The Kier molecular flexibility index (Phi) is 4.97. The van der Waals surface area contributed by atoms with Crippen LogP contribution >= 0.6 is 0 Å². The molecule has 0 N–H and O–H groups in total. The predicted molar refractivity (Wildman–Crippen MR) is 51.7 cm³/mol. The molecule has 0 radical (unpaired) electrons. The summed E-state index contributed by atoms with van der Waals surface area (Å²) in [4.78, 5) is 0. The highest BCUT2D eigenvalue weighted by atomic mass is 19.1. The van der Waals surface area contributed by atoms with Crippen LogP contribution in [0.2, 0.25) is 0 Å². The molecule has 1 aromatic rings. The first-order chi connectivity index (χ1) is 6.83. The molecule has 0 fully saturated rings. The van der Waals surface area contributed by atoms with Crippen LogP contribution in [0.4, 0.5) is 8.78 Å². The summed E-state index contributed by atoms with van der Waals surface area (Å²) in [6, 6.07) is 6.02. The molecular weight excluding hydrogens is 186 g/mol. The molecule has 0 bridgehead atoms. The number of ether oxygens (including phenoxy) is 1. The van der Waals surface area contributed by atoms with E-state index < -0.39 is 0 Å². The molecule has 0 atom stereocenters. The van der Waals surface area contributed by atoms with Crippen LogP contribution in [0.1, 0.15) is 19.3 Å². The van der Waals surface area contributed by atoms with E-state index in [1.165, 1.54) is 12.1 Å². The maximum atomic E-state index is 12.7. The van der Waals surface area contributed by atoms with Crippen molar-refractivity contribution in [2.75, 3.05) is 13.3 Å². The Balaban J connectivity index is 2.18. The Bertz CT molecular complexity index is 263. The van der Waals surface area contributed by atoms with Crippen LogP contribution in [-0.2, 0) is 0 Å². The molecule has 0 saturated carbocycles. The fraction of sp³-hybridized carbons (Fsp3) is 0.455. The Morgan fingerprint density at radius 1 is 1.14 bits per heavy atom. The summed E-state index contributed by atoms with van der Waals surface area (Å²) in [7, 11) is 0. The van der Waals surface area contributed by atoms with E-state index in [0.29, 0.717) is 18.8 Å². The molecule has 1 nitrogen and oxygen atoms in total. The molecule has 14 heavy (non-hydrogen) atoms. The molecule has 0 aliphatic carbocycles. The minimum Gasteiger partial charge on any atom is -0.493 e. The molecule has 1 aromatic carbocycles. The second-order valence-corrected chi connectivity index (χ2v) is 3.06. The molecule has 3 heteroatoms. The van der Waals surface area contributed by atoms with Gasteiger partial charge in [-0.2, -0.15) is 0 Å². The first-order valence-corrected chi connectivity index (χ1v) is 4.77. The molecule has 0 aliphatic rings. The highest BCUT2D eigenvalue weighted by molar-refractivity contribution is 5.22. The Hall–Kier alpha value is -1.12. The second kappa shape index (κ2) is 6.35. The average Bonchev–Trinajstić information content (AvgIpc) is 2.18. The summed E-state index contributed by atoms with van der Waals surface area (Å²) < 4.78 is 29.6. The maximum absolute atomic E-state index is 12.7. The number of rotatable bonds is 6. The maximum Gasteiger partial charge on any atom is 0.126 e. The molecular formula is C11H14F2O. The van der Waals surface area contributed by atoms with Crippen LogP contribution in [0, 0.1) is 5.82 Å². The van der Waals surface area contributed by atoms with Gasteiger partial charge in [0, 0.05) is 6.07 Å². The van der Waals surface area contributed by atoms with Crippen molar-refractivity contribution >= 4 is 0 Å². The first kappa shape index (κ1) is 11.0. The summed E-state index contributed by atoms with van der Waals surface area (Å²) in [5.74, 6) is 0.233. The normalized spacial score (nSPS) is 10.1. The molecule has 0 saturated heterocycles. The van der Waals surface area contributed by atoms with Gasteiger partial charge in [0.15, 0.2) is 0 Å². The number of halogens is 2. The summed E-state index contributed by atoms with van der Waals surface area (Å²) in [5, 5.41) is 0. The molecule has 1 rings (SSSR count). The Labute approximate surface area is 82.7 Å². The van der Waals surface area contributed by atoms with Gasteiger partial charge in [-0.05, 0) is 31.4 Å². The van der Waals surface area contributed by atoms with Gasteiger partial charge in [-0.15, -0.1) is 0 Å². The van der Waals surface area contributed by atoms with Crippen LogP contribution in [0.15, 0.2) is 24.3 Å². The van der Waals surface area contributed by atoms with Crippen LogP contribution in [-0.4, -0.2) is 13.3 Å². The highest BCUT2D eigenvalue weighted by Gasteiger charge is 1.95. The zero-order chi connectivity index (χ0) is 10.2. The zero-order valence-corrected chi connectivity index (χ0v) is 8.01. The van der Waals surface area contributed by atoms with E-state index in [4.69, 9.17) is 4.74 Å². The van der Waals surface area contributed by atoms with E-state index >= 15 is 0 Å². The molecule has 0 unspecified atom stereocenters. The lowest BCUT2D eigenvalue weighted by Crippen LogP contribution is -1.97. The molecule has 0 aromatic heterocycles. The van der Waals surface area contributed by atoms with Gasteiger partial charge in [0.25, 0.3) is 0 Å². The van der Waals surface area contributed by atoms with Gasteiger partial charge in [-0.25, -0.2) is 4.39 Å². The van der Waals surface area contributed by atoms with E-state index in [1.54, 1.807) is 12.1 Å². The van der Waals surface area contributed by atoms with Crippen LogP contribution in [0.3, 0.4) is 0 Å². The lowest BCUT2D eigenvalue weighted by molar-refractivity contribution is 0.300. The third-order valence-corrected chi connectivity index (χ3v) is 1.84. The smallest absolute Gasteiger partial charge is 0.126 e. The van der Waals surface area contributed by atoms with Crippen molar-refractivity contribution in [2.24, 2.45) is 0 Å². The number of hydrogen-bond donors (Lipinski definition) is 0. The third kappa shape index (κ3) is 4.21. The monoisotopic (exact) mass is 200 g/mol. The summed E-state index contributed by atoms with van der Waals surface area (Å²) >= 11 is 0. The van der Waals surface area contributed by atoms with E-state index in [2.05, 4.69) is 0 Å². The largest absolute Gasteiger partial charge is 0.493 e. The van der Waals surface area contributed by atoms with Crippen molar-refractivity contribution in [3.8, 4) is 5.75 Å². The number of hydrogen-bond acceptors (Lipinski definition) is 1.